The van der Waals surface area contributed by atoms with Crippen LogP contribution in [-0.4, -0.2) is 37.0 Å². The second-order valence-corrected chi connectivity index (χ2v) is 8.11. The molecule has 0 radical (unpaired) electrons. The Morgan fingerprint density at radius 3 is 2.86 bits per heavy atom. The molecule has 0 aliphatic heterocycles. The molecule has 1 unspecified atom stereocenters. The van der Waals surface area contributed by atoms with Crippen molar-refractivity contribution >= 4 is 28.5 Å². The van der Waals surface area contributed by atoms with E-state index in [-0.39, 0.29) is 11.8 Å². The number of hydrogen-bond donors (Lipinski definition) is 1. The SMILES string of the molecule is CCCn1ncc2c(C(=O)NCC(C)Cn3cc(Cl)cn3)cc(C3CC3)nc21. The monoisotopic (exact) mass is 400 g/mol. The number of aromatic nitrogens is 5. The molecular formula is C20H25ClN6O. The van der Waals surface area contributed by atoms with E-state index in [0.717, 1.165) is 42.5 Å². The Hall–Kier alpha value is -2.41. The summed E-state index contributed by atoms with van der Waals surface area (Å²) in [5.41, 5.74) is 2.49. The largest absolute Gasteiger partial charge is 0.352 e. The van der Waals surface area contributed by atoms with Gasteiger partial charge >= 0.3 is 0 Å². The minimum absolute atomic E-state index is 0.0734. The zero-order valence-corrected chi connectivity index (χ0v) is 17.0. The Morgan fingerprint density at radius 1 is 1.36 bits per heavy atom. The van der Waals surface area contributed by atoms with Gasteiger partial charge in [-0.1, -0.05) is 25.4 Å². The third-order valence-corrected chi connectivity index (χ3v) is 5.21. The molecule has 0 bridgehead atoms. The standard InChI is InChI=1S/C20H25ClN6O/c1-3-6-27-19-17(10-24-27)16(7-18(25-19)14-4-5-14)20(28)22-8-13(2)11-26-12-15(21)9-23-26/h7,9-10,12-14H,3-6,8,11H2,1-2H3,(H,22,28). The van der Waals surface area contributed by atoms with Gasteiger partial charge in [0.15, 0.2) is 5.65 Å². The normalized spacial score (nSPS) is 15.1. The highest BCUT2D eigenvalue weighted by Crippen LogP contribution is 2.40. The van der Waals surface area contributed by atoms with Crippen molar-refractivity contribution in [2.75, 3.05) is 6.54 Å². The first-order chi connectivity index (χ1) is 13.5. The van der Waals surface area contributed by atoms with Gasteiger partial charge in [0.25, 0.3) is 5.91 Å². The van der Waals surface area contributed by atoms with Crippen LogP contribution in [0.5, 0.6) is 0 Å². The van der Waals surface area contributed by atoms with Gasteiger partial charge in [-0.2, -0.15) is 10.2 Å². The van der Waals surface area contributed by atoms with Crippen LogP contribution in [0, 0.1) is 5.92 Å². The first-order valence-corrected chi connectivity index (χ1v) is 10.3. The van der Waals surface area contributed by atoms with Gasteiger partial charge in [0.2, 0.25) is 0 Å². The van der Waals surface area contributed by atoms with Crippen LogP contribution in [0.4, 0.5) is 0 Å². The van der Waals surface area contributed by atoms with Crippen LogP contribution < -0.4 is 5.32 Å². The van der Waals surface area contributed by atoms with Crippen molar-refractivity contribution in [3.63, 3.8) is 0 Å². The molecule has 1 amide bonds. The molecule has 4 rings (SSSR count). The van der Waals surface area contributed by atoms with Gasteiger partial charge < -0.3 is 5.32 Å². The van der Waals surface area contributed by atoms with Gasteiger partial charge in [0, 0.05) is 37.4 Å². The highest BCUT2D eigenvalue weighted by molar-refractivity contribution is 6.30. The van der Waals surface area contributed by atoms with E-state index < -0.39 is 0 Å². The molecule has 3 aromatic rings. The molecule has 3 heterocycles. The Morgan fingerprint density at radius 2 is 2.18 bits per heavy atom. The lowest BCUT2D eigenvalue weighted by Crippen LogP contribution is -2.30. The van der Waals surface area contributed by atoms with Gasteiger partial charge in [-0.3, -0.25) is 9.48 Å². The van der Waals surface area contributed by atoms with E-state index in [9.17, 15) is 4.79 Å². The van der Waals surface area contributed by atoms with Crippen LogP contribution in [0.15, 0.2) is 24.7 Å². The second kappa shape index (κ2) is 7.91. The molecular weight excluding hydrogens is 376 g/mol. The van der Waals surface area contributed by atoms with Gasteiger partial charge in [0.05, 0.1) is 28.4 Å². The van der Waals surface area contributed by atoms with Gasteiger partial charge in [-0.25, -0.2) is 9.67 Å². The zero-order chi connectivity index (χ0) is 19.7. The molecule has 0 aromatic carbocycles. The molecule has 1 aliphatic carbocycles. The number of amides is 1. The average Bonchev–Trinajstić information content (AvgIpc) is 3.34. The van der Waals surface area contributed by atoms with E-state index in [2.05, 4.69) is 29.4 Å². The van der Waals surface area contributed by atoms with Crippen molar-refractivity contribution in [3.05, 3.63) is 40.9 Å². The molecule has 1 aliphatic rings. The number of rotatable bonds is 8. The summed E-state index contributed by atoms with van der Waals surface area (Å²) in [6.07, 6.45) is 8.43. The van der Waals surface area contributed by atoms with Gasteiger partial charge in [0.1, 0.15) is 0 Å². The lowest BCUT2D eigenvalue weighted by atomic mass is 10.1. The molecule has 28 heavy (non-hydrogen) atoms. The number of hydrogen-bond acceptors (Lipinski definition) is 4. The van der Waals surface area contributed by atoms with E-state index in [1.165, 1.54) is 0 Å². The van der Waals surface area contributed by atoms with Gasteiger partial charge in [-0.15, -0.1) is 0 Å². The van der Waals surface area contributed by atoms with Gasteiger partial charge in [-0.05, 0) is 31.2 Å². The Balaban J connectivity index is 1.51. The molecule has 1 N–H and O–H groups in total. The fourth-order valence-electron chi connectivity index (χ4n) is 3.40. The van der Waals surface area contributed by atoms with Crippen molar-refractivity contribution in [1.82, 2.24) is 29.9 Å². The molecule has 148 valence electrons. The smallest absolute Gasteiger partial charge is 0.252 e. The summed E-state index contributed by atoms with van der Waals surface area (Å²) in [5.74, 6) is 0.628. The van der Waals surface area contributed by atoms with E-state index in [1.54, 1.807) is 23.3 Å². The first kappa shape index (κ1) is 18.9. The Kier molecular flexibility index (Phi) is 5.35. The van der Waals surface area contributed by atoms with Crippen molar-refractivity contribution in [2.24, 2.45) is 5.92 Å². The number of halogens is 1. The molecule has 3 aromatic heterocycles. The van der Waals surface area contributed by atoms with Crippen molar-refractivity contribution in [2.45, 2.75) is 52.1 Å². The quantitative estimate of drug-likeness (QED) is 0.626. The minimum atomic E-state index is -0.0734. The summed E-state index contributed by atoms with van der Waals surface area (Å²) in [6.45, 7) is 6.24. The Bertz CT molecular complexity index is 990. The lowest BCUT2D eigenvalue weighted by molar-refractivity contribution is 0.0948. The number of carbonyl (C=O) groups is 1. The third kappa shape index (κ3) is 4.04. The lowest BCUT2D eigenvalue weighted by Gasteiger charge is -2.14. The van der Waals surface area contributed by atoms with Crippen molar-refractivity contribution in [1.29, 1.82) is 0 Å². The first-order valence-electron chi connectivity index (χ1n) is 9.87. The van der Waals surface area contributed by atoms with Crippen molar-refractivity contribution in [3.8, 4) is 0 Å². The zero-order valence-electron chi connectivity index (χ0n) is 16.2. The van der Waals surface area contributed by atoms with Crippen LogP contribution in [0.3, 0.4) is 0 Å². The van der Waals surface area contributed by atoms with Crippen LogP contribution in [-0.2, 0) is 13.1 Å². The van der Waals surface area contributed by atoms with Crippen LogP contribution in [0.2, 0.25) is 5.02 Å². The molecule has 1 saturated carbocycles. The van der Waals surface area contributed by atoms with E-state index in [0.29, 0.717) is 29.6 Å². The molecule has 8 heteroatoms. The highest BCUT2D eigenvalue weighted by Gasteiger charge is 2.28. The summed E-state index contributed by atoms with van der Waals surface area (Å²) in [6, 6.07) is 1.95. The summed E-state index contributed by atoms with van der Waals surface area (Å²) in [4.78, 5) is 17.8. The highest BCUT2D eigenvalue weighted by atomic mass is 35.5. The predicted molar refractivity (Wildman–Crippen MR) is 109 cm³/mol. The molecule has 7 nitrogen and oxygen atoms in total. The predicted octanol–water partition coefficient (Wildman–Crippen LogP) is 3.63. The number of aryl methyl sites for hydroxylation is 1. The summed E-state index contributed by atoms with van der Waals surface area (Å²) in [7, 11) is 0. The maximum Gasteiger partial charge on any atom is 0.252 e. The number of nitrogens with one attached hydrogen (secondary N) is 1. The molecule has 0 saturated heterocycles. The molecule has 0 spiro atoms. The van der Waals surface area contributed by atoms with Crippen LogP contribution in [0.1, 0.15) is 55.1 Å². The number of fused-ring (bicyclic) bond motifs is 1. The summed E-state index contributed by atoms with van der Waals surface area (Å²) >= 11 is 5.91. The van der Waals surface area contributed by atoms with E-state index >= 15 is 0 Å². The van der Waals surface area contributed by atoms with E-state index in [4.69, 9.17) is 16.6 Å². The van der Waals surface area contributed by atoms with E-state index in [1.807, 2.05) is 10.7 Å². The summed E-state index contributed by atoms with van der Waals surface area (Å²) < 4.78 is 3.70. The maximum absolute atomic E-state index is 13.0. The average molecular weight is 401 g/mol. The summed E-state index contributed by atoms with van der Waals surface area (Å²) in [5, 5.41) is 13.2. The maximum atomic E-state index is 13.0. The third-order valence-electron chi connectivity index (χ3n) is 5.02. The number of pyridine rings is 1. The number of nitrogens with zero attached hydrogens (tertiary/aromatic N) is 5. The molecule has 1 atom stereocenters. The fraction of sp³-hybridized carbons (Fsp3) is 0.500. The van der Waals surface area contributed by atoms with Crippen molar-refractivity contribution < 1.29 is 4.79 Å². The number of carbonyl (C=O) groups excluding carboxylic acids is 1. The topological polar surface area (TPSA) is 77.6 Å². The Labute approximate surface area is 169 Å². The minimum Gasteiger partial charge on any atom is -0.352 e. The fourth-order valence-corrected chi connectivity index (χ4v) is 3.56. The second-order valence-electron chi connectivity index (χ2n) is 7.67. The van der Waals surface area contributed by atoms with Crippen LogP contribution >= 0.6 is 11.6 Å². The van der Waals surface area contributed by atoms with Crippen LogP contribution in [0.25, 0.3) is 11.0 Å². The molecule has 1 fully saturated rings.